The average Bonchev–Trinajstić information content (AvgIpc) is 2.71. The van der Waals surface area contributed by atoms with Gasteiger partial charge in [0.1, 0.15) is 11.4 Å². The number of fused-ring (bicyclic) bond motifs is 1. The number of amides is 1. The normalized spacial score (nSPS) is 11.5. The predicted molar refractivity (Wildman–Crippen MR) is 71.0 cm³/mol. The monoisotopic (exact) mass is 281 g/mol. The Balaban J connectivity index is 2.29. The van der Waals surface area contributed by atoms with E-state index in [0.717, 1.165) is 4.70 Å². The lowest BCUT2D eigenvalue weighted by Crippen LogP contribution is -2.49. The molecule has 0 bridgehead atoms. The first-order chi connectivity index (χ1) is 8.79. The van der Waals surface area contributed by atoms with Gasteiger partial charge in [-0.3, -0.25) is 4.79 Å². The van der Waals surface area contributed by atoms with Crippen LogP contribution < -0.4 is 5.32 Å². The minimum absolute atomic E-state index is 0.356. The molecule has 0 saturated heterocycles. The first-order valence-corrected chi connectivity index (χ1v) is 6.36. The number of hydrogen-bond donors (Lipinski definition) is 2. The summed E-state index contributed by atoms with van der Waals surface area (Å²) in [5.74, 6) is -1.97. The third kappa shape index (κ3) is 2.73. The molecule has 6 heteroatoms. The van der Waals surface area contributed by atoms with Crippen molar-refractivity contribution in [1.29, 1.82) is 0 Å². The van der Waals surface area contributed by atoms with Gasteiger partial charge in [-0.1, -0.05) is 0 Å². The summed E-state index contributed by atoms with van der Waals surface area (Å²) in [7, 11) is 0. The second kappa shape index (κ2) is 4.62. The van der Waals surface area contributed by atoms with Crippen LogP contribution in [-0.4, -0.2) is 22.5 Å². The summed E-state index contributed by atoms with van der Waals surface area (Å²) in [4.78, 5) is 23.3. The van der Waals surface area contributed by atoms with Crippen LogP contribution in [0.15, 0.2) is 24.3 Å². The number of thiophene rings is 1. The molecule has 1 heterocycles. The molecule has 0 aliphatic heterocycles. The van der Waals surface area contributed by atoms with E-state index in [9.17, 15) is 14.0 Å². The Hall–Kier alpha value is -1.95. The van der Waals surface area contributed by atoms with Gasteiger partial charge in [0.05, 0.1) is 4.88 Å². The van der Waals surface area contributed by atoms with Gasteiger partial charge in [0, 0.05) is 4.70 Å². The summed E-state index contributed by atoms with van der Waals surface area (Å²) in [5, 5.41) is 12.0. The Kier molecular flexibility index (Phi) is 3.28. The molecule has 0 spiro atoms. The second-order valence-corrected chi connectivity index (χ2v) is 5.76. The summed E-state index contributed by atoms with van der Waals surface area (Å²) in [5.41, 5.74) is -1.35. The van der Waals surface area contributed by atoms with Crippen molar-refractivity contribution in [3.63, 3.8) is 0 Å². The zero-order valence-electron chi connectivity index (χ0n) is 10.4. The molecule has 100 valence electrons. The number of carbonyl (C=O) groups excluding carboxylic acids is 1. The summed E-state index contributed by atoms with van der Waals surface area (Å²) < 4.78 is 13.8. The quantitative estimate of drug-likeness (QED) is 0.909. The van der Waals surface area contributed by atoms with E-state index in [2.05, 4.69) is 5.32 Å². The van der Waals surface area contributed by atoms with E-state index in [0.29, 0.717) is 10.3 Å². The Bertz CT molecular complexity index is 663. The molecule has 1 aromatic heterocycles. The Morgan fingerprint density at radius 1 is 1.32 bits per heavy atom. The fourth-order valence-electron chi connectivity index (χ4n) is 1.53. The van der Waals surface area contributed by atoms with Gasteiger partial charge in [-0.15, -0.1) is 11.3 Å². The molecule has 2 N–H and O–H groups in total. The highest BCUT2D eigenvalue weighted by Gasteiger charge is 2.29. The molecule has 4 nitrogen and oxygen atoms in total. The summed E-state index contributed by atoms with van der Waals surface area (Å²) in [6.07, 6.45) is 0. The highest BCUT2D eigenvalue weighted by atomic mass is 32.1. The Morgan fingerprint density at radius 2 is 2.00 bits per heavy atom. The standard InChI is InChI=1S/C13H12FNO3S/c1-13(2,12(17)18)15-11(16)10-6-7-5-8(14)3-4-9(7)19-10/h3-6H,1-2H3,(H,15,16)(H,17,18). The van der Waals surface area contributed by atoms with E-state index in [1.807, 2.05) is 0 Å². The van der Waals surface area contributed by atoms with Crippen LogP contribution in [0, 0.1) is 5.82 Å². The number of benzene rings is 1. The van der Waals surface area contributed by atoms with E-state index in [-0.39, 0.29) is 5.82 Å². The Labute approximate surface area is 112 Å². The number of hydrogen-bond acceptors (Lipinski definition) is 3. The smallest absolute Gasteiger partial charge is 0.328 e. The maximum absolute atomic E-state index is 13.1. The molecule has 0 saturated carbocycles. The van der Waals surface area contributed by atoms with Crippen LogP contribution >= 0.6 is 11.3 Å². The van der Waals surface area contributed by atoms with E-state index >= 15 is 0 Å². The number of carbonyl (C=O) groups is 2. The summed E-state index contributed by atoms with van der Waals surface area (Å²) in [6, 6.07) is 5.80. The van der Waals surface area contributed by atoms with Crippen molar-refractivity contribution in [1.82, 2.24) is 5.32 Å². The lowest BCUT2D eigenvalue weighted by Gasteiger charge is -2.20. The molecule has 0 fully saturated rings. The van der Waals surface area contributed by atoms with Crippen LogP contribution in [0.3, 0.4) is 0 Å². The van der Waals surface area contributed by atoms with Gasteiger partial charge < -0.3 is 10.4 Å². The fourth-order valence-corrected chi connectivity index (χ4v) is 2.46. The number of nitrogens with one attached hydrogen (secondary N) is 1. The lowest BCUT2D eigenvalue weighted by atomic mass is 10.1. The topological polar surface area (TPSA) is 66.4 Å². The third-order valence-corrected chi connectivity index (χ3v) is 3.78. The van der Waals surface area contributed by atoms with E-state index in [4.69, 9.17) is 5.11 Å². The second-order valence-electron chi connectivity index (χ2n) is 4.68. The van der Waals surface area contributed by atoms with Crippen molar-refractivity contribution in [2.75, 3.05) is 0 Å². The first kappa shape index (κ1) is 13.5. The molecular weight excluding hydrogens is 269 g/mol. The zero-order chi connectivity index (χ0) is 14.2. The zero-order valence-corrected chi connectivity index (χ0v) is 11.2. The molecule has 19 heavy (non-hydrogen) atoms. The van der Waals surface area contributed by atoms with Crippen LogP contribution in [0.1, 0.15) is 23.5 Å². The SMILES string of the molecule is CC(C)(NC(=O)c1cc2cc(F)ccc2s1)C(=O)O. The summed E-state index contributed by atoms with van der Waals surface area (Å²) >= 11 is 1.19. The van der Waals surface area contributed by atoms with Gasteiger partial charge in [-0.05, 0) is 43.5 Å². The molecule has 2 rings (SSSR count). The maximum Gasteiger partial charge on any atom is 0.328 e. The van der Waals surface area contributed by atoms with Gasteiger partial charge >= 0.3 is 5.97 Å². The van der Waals surface area contributed by atoms with Crippen molar-refractivity contribution in [2.45, 2.75) is 19.4 Å². The van der Waals surface area contributed by atoms with Crippen molar-refractivity contribution < 1.29 is 19.1 Å². The van der Waals surface area contributed by atoms with Gasteiger partial charge in [-0.25, -0.2) is 9.18 Å². The highest BCUT2D eigenvalue weighted by molar-refractivity contribution is 7.20. The minimum Gasteiger partial charge on any atom is -0.480 e. The molecule has 1 aromatic carbocycles. The minimum atomic E-state index is -1.35. The number of halogens is 1. The van der Waals surface area contributed by atoms with Crippen LogP contribution in [-0.2, 0) is 4.79 Å². The van der Waals surface area contributed by atoms with Crippen molar-refractivity contribution >= 4 is 33.3 Å². The van der Waals surface area contributed by atoms with Crippen LogP contribution in [0.5, 0.6) is 0 Å². The fraction of sp³-hybridized carbons (Fsp3) is 0.231. The maximum atomic E-state index is 13.1. The van der Waals surface area contributed by atoms with Gasteiger partial charge in [0.25, 0.3) is 5.91 Å². The van der Waals surface area contributed by atoms with Crippen LogP contribution in [0.25, 0.3) is 10.1 Å². The van der Waals surface area contributed by atoms with E-state index in [1.54, 1.807) is 12.1 Å². The van der Waals surface area contributed by atoms with Gasteiger partial charge in [-0.2, -0.15) is 0 Å². The molecule has 0 aliphatic rings. The Morgan fingerprint density at radius 3 is 2.63 bits per heavy atom. The van der Waals surface area contributed by atoms with Crippen molar-refractivity contribution in [2.24, 2.45) is 0 Å². The number of carboxylic acid groups (broad SMARTS) is 1. The average molecular weight is 281 g/mol. The molecule has 1 amide bonds. The van der Waals surface area contributed by atoms with Crippen LogP contribution in [0.2, 0.25) is 0 Å². The van der Waals surface area contributed by atoms with Gasteiger partial charge in [0.15, 0.2) is 0 Å². The largest absolute Gasteiger partial charge is 0.480 e. The first-order valence-electron chi connectivity index (χ1n) is 5.54. The van der Waals surface area contributed by atoms with E-state index < -0.39 is 17.4 Å². The molecular formula is C13H12FNO3S. The number of carboxylic acids is 1. The molecule has 0 atom stereocenters. The third-order valence-electron chi connectivity index (χ3n) is 2.66. The van der Waals surface area contributed by atoms with Crippen LogP contribution in [0.4, 0.5) is 4.39 Å². The van der Waals surface area contributed by atoms with Crippen molar-refractivity contribution in [3.05, 3.63) is 35.0 Å². The predicted octanol–water partition coefficient (Wildman–Crippen LogP) is 2.63. The molecule has 0 unspecified atom stereocenters. The number of rotatable bonds is 3. The van der Waals surface area contributed by atoms with Gasteiger partial charge in [0.2, 0.25) is 0 Å². The van der Waals surface area contributed by atoms with Crippen molar-refractivity contribution in [3.8, 4) is 0 Å². The number of aliphatic carboxylic acids is 1. The molecule has 2 aromatic rings. The molecule has 0 radical (unpaired) electrons. The highest BCUT2D eigenvalue weighted by Crippen LogP contribution is 2.26. The lowest BCUT2D eigenvalue weighted by molar-refractivity contribution is -0.143. The van der Waals surface area contributed by atoms with E-state index in [1.165, 1.54) is 37.3 Å². The summed E-state index contributed by atoms with van der Waals surface area (Å²) in [6.45, 7) is 2.81. The molecule has 0 aliphatic carbocycles.